The van der Waals surface area contributed by atoms with Crippen LogP contribution in [0.2, 0.25) is 0 Å². The van der Waals surface area contributed by atoms with E-state index in [4.69, 9.17) is 5.11 Å². The molecule has 8 heteroatoms. The van der Waals surface area contributed by atoms with Crippen molar-refractivity contribution in [2.24, 2.45) is 0 Å². The van der Waals surface area contributed by atoms with Crippen LogP contribution in [0.25, 0.3) is 0 Å². The van der Waals surface area contributed by atoms with E-state index >= 15 is 0 Å². The van der Waals surface area contributed by atoms with Gasteiger partial charge in [-0.25, -0.2) is 8.42 Å². The molecule has 0 bridgehead atoms. The molecule has 27 heavy (non-hydrogen) atoms. The maximum Gasteiger partial charge on any atom is 0.303 e. The first-order valence-electron chi connectivity index (χ1n) is 8.46. The Hall–Kier alpha value is -2.87. The fourth-order valence-corrected chi connectivity index (χ4v) is 3.70. The van der Waals surface area contributed by atoms with Crippen molar-refractivity contribution in [1.82, 2.24) is 0 Å². The molecule has 0 heterocycles. The second-order valence-electron chi connectivity index (χ2n) is 5.98. The molecule has 2 aromatic rings. The minimum absolute atomic E-state index is 0.0207. The number of carboxylic acid groups (broad SMARTS) is 1. The molecule has 0 aliphatic heterocycles. The quantitative estimate of drug-likeness (QED) is 0.640. The Balaban J connectivity index is 2.06. The Morgan fingerprint density at radius 2 is 1.67 bits per heavy atom. The number of nitrogens with one attached hydrogen (secondary N) is 1. The third-order valence-corrected chi connectivity index (χ3v) is 5.72. The van der Waals surface area contributed by atoms with E-state index in [2.05, 4.69) is 5.32 Å². The van der Waals surface area contributed by atoms with Crippen molar-refractivity contribution in [2.45, 2.75) is 30.6 Å². The molecule has 0 aliphatic carbocycles. The van der Waals surface area contributed by atoms with Crippen molar-refractivity contribution in [2.75, 3.05) is 16.7 Å². The highest BCUT2D eigenvalue weighted by Gasteiger charge is 2.21. The van der Waals surface area contributed by atoms with Gasteiger partial charge in [-0.15, -0.1) is 0 Å². The molecular formula is C19H22N2O5S. The standard InChI is InChI=1S/C19H22N2O5S/c1-21(16-9-3-2-4-10-16)27(25,26)17-11-7-8-15(14-17)20-18(22)12-5-6-13-19(23)24/h2-4,7-11,14H,5-6,12-13H2,1H3,(H,20,22)(H,23,24). The lowest BCUT2D eigenvalue weighted by Gasteiger charge is -2.19. The Morgan fingerprint density at radius 3 is 2.33 bits per heavy atom. The highest BCUT2D eigenvalue weighted by atomic mass is 32.2. The van der Waals surface area contributed by atoms with Gasteiger partial charge in [0.15, 0.2) is 0 Å². The van der Waals surface area contributed by atoms with Crippen molar-refractivity contribution in [3.63, 3.8) is 0 Å². The molecule has 0 unspecified atom stereocenters. The summed E-state index contributed by atoms with van der Waals surface area (Å²) >= 11 is 0. The van der Waals surface area contributed by atoms with Crippen LogP contribution in [0.3, 0.4) is 0 Å². The zero-order valence-electron chi connectivity index (χ0n) is 15.0. The van der Waals surface area contributed by atoms with Crippen LogP contribution in [0.4, 0.5) is 11.4 Å². The topological polar surface area (TPSA) is 104 Å². The van der Waals surface area contributed by atoms with E-state index in [1.54, 1.807) is 42.5 Å². The number of hydrogen-bond acceptors (Lipinski definition) is 4. The first-order chi connectivity index (χ1) is 12.8. The van der Waals surface area contributed by atoms with Crippen LogP contribution in [-0.2, 0) is 19.6 Å². The minimum Gasteiger partial charge on any atom is -0.481 e. The summed E-state index contributed by atoms with van der Waals surface area (Å²) in [6, 6.07) is 14.7. The summed E-state index contributed by atoms with van der Waals surface area (Å²) in [7, 11) is -2.29. The highest BCUT2D eigenvalue weighted by molar-refractivity contribution is 7.92. The SMILES string of the molecule is CN(c1ccccc1)S(=O)(=O)c1cccc(NC(=O)CCCCC(=O)O)c1. The number of benzene rings is 2. The Labute approximate surface area is 158 Å². The summed E-state index contributed by atoms with van der Waals surface area (Å²) in [4.78, 5) is 22.5. The van der Waals surface area contributed by atoms with Gasteiger partial charge in [0.1, 0.15) is 0 Å². The number of carbonyl (C=O) groups excluding carboxylic acids is 1. The number of para-hydroxylation sites is 1. The van der Waals surface area contributed by atoms with Crippen LogP contribution in [-0.4, -0.2) is 32.4 Å². The number of rotatable bonds is 9. The molecule has 7 nitrogen and oxygen atoms in total. The predicted molar refractivity (Wildman–Crippen MR) is 103 cm³/mol. The summed E-state index contributed by atoms with van der Waals surface area (Å²) in [5.74, 6) is -1.18. The van der Waals surface area contributed by atoms with Crippen LogP contribution >= 0.6 is 0 Å². The van der Waals surface area contributed by atoms with Crippen molar-refractivity contribution in [3.8, 4) is 0 Å². The molecule has 0 saturated carbocycles. The predicted octanol–water partition coefficient (Wildman–Crippen LogP) is 3.10. The van der Waals surface area contributed by atoms with E-state index in [0.717, 1.165) is 0 Å². The van der Waals surface area contributed by atoms with Crippen molar-refractivity contribution in [3.05, 3.63) is 54.6 Å². The van der Waals surface area contributed by atoms with Gasteiger partial charge in [0.2, 0.25) is 5.91 Å². The van der Waals surface area contributed by atoms with Crippen LogP contribution in [0.1, 0.15) is 25.7 Å². The van der Waals surface area contributed by atoms with Gasteiger partial charge in [0.05, 0.1) is 10.6 Å². The molecule has 2 N–H and O–H groups in total. The number of nitrogens with zero attached hydrogens (tertiary/aromatic N) is 1. The van der Waals surface area contributed by atoms with Gasteiger partial charge in [-0.3, -0.25) is 13.9 Å². The van der Waals surface area contributed by atoms with Gasteiger partial charge in [0.25, 0.3) is 10.0 Å². The molecule has 0 fully saturated rings. The van der Waals surface area contributed by atoms with Crippen LogP contribution in [0.5, 0.6) is 0 Å². The number of aliphatic carboxylic acids is 1. The van der Waals surface area contributed by atoms with Gasteiger partial charge in [-0.2, -0.15) is 0 Å². The molecule has 0 aromatic heterocycles. The molecule has 0 aliphatic rings. The van der Waals surface area contributed by atoms with Crippen LogP contribution in [0, 0.1) is 0 Å². The maximum atomic E-state index is 12.8. The number of amides is 1. The van der Waals surface area contributed by atoms with Gasteiger partial charge >= 0.3 is 5.97 Å². The smallest absolute Gasteiger partial charge is 0.303 e. The molecule has 144 valence electrons. The summed E-state index contributed by atoms with van der Waals surface area (Å²) in [5, 5.41) is 11.2. The number of anilines is 2. The molecule has 0 spiro atoms. The van der Waals surface area contributed by atoms with Gasteiger partial charge < -0.3 is 10.4 Å². The second-order valence-corrected chi connectivity index (χ2v) is 7.95. The number of carbonyl (C=O) groups is 2. The molecule has 2 aromatic carbocycles. The summed E-state index contributed by atoms with van der Waals surface area (Å²) in [5.41, 5.74) is 0.908. The van der Waals surface area contributed by atoms with Crippen molar-refractivity contribution >= 4 is 33.3 Å². The summed E-state index contributed by atoms with van der Waals surface area (Å²) in [6.45, 7) is 0. The third-order valence-electron chi connectivity index (χ3n) is 3.94. The Bertz CT molecular complexity index is 897. The average Bonchev–Trinajstić information content (AvgIpc) is 2.65. The second kappa shape index (κ2) is 9.18. The zero-order valence-corrected chi connectivity index (χ0v) is 15.8. The van der Waals surface area contributed by atoms with E-state index < -0.39 is 16.0 Å². The van der Waals surface area contributed by atoms with E-state index in [1.807, 2.05) is 0 Å². The lowest BCUT2D eigenvalue weighted by molar-refractivity contribution is -0.137. The summed E-state index contributed by atoms with van der Waals surface area (Å²) in [6.07, 6.45) is 1.06. The lowest BCUT2D eigenvalue weighted by Crippen LogP contribution is -2.26. The van der Waals surface area contributed by atoms with Crippen LogP contribution < -0.4 is 9.62 Å². The Morgan fingerprint density at radius 1 is 1.00 bits per heavy atom. The fourth-order valence-electron chi connectivity index (χ4n) is 2.45. The molecule has 0 atom stereocenters. The van der Waals surface area contributed by atoms with Gasteiger partial charge in [-0.05, 0) is 43.2 Å². The minimum atomic E-state index is -3.76. The van der Waals surface area contributed by atoms with E-state index in [-0.39, 0.29) is 23.6 Å². The molecule has 0 saturated heterocycles. The number of sulfonamides is 1. The zero-order chi connectivity index (χ0) is 19.9. The van der Waals surface area contributed by atoms with Crippen molar-refractivity contribution < 1.29 is 23.1 Å². The first kappa shape index (κ1) is 20.4. The molecule has 1 amide bonds. The third kappa shape index (κ3) is 5.82. The fraction of sp³-hybridized carbons (Fsp3) is 0.263. The number of carboxylic acids is 1. The number of hydrogen-bond donors (Lipinski definition) is 2. The average molecular weight is 390 g/mol. The maximum absolute atomic E-state index is 12.8. The summed E-state index contributed by atoms with van der Waals surface area (Å²) < 4.78 is 26.8. The van der Waals surface area contributed by atoms with Crippen LogP contribution in [0.15, 0.2) is 59.5 Å². The first-order valence-corrected chi connectivity index (χ1v) is 9.90. The largest absolute Gasteiger partial charge is 0.481 e. The molecule has 0 radical (unpaired) electrons. The van der Waals surface area contributed by atoms with Gasteiger partial charge in [0, 0.05) is 25.6 Å². The molecule has 2 rings (SSSR count). The van der Waals surface area contributed by atoms with E-state index in [0.29, 0.717) is 24.2 Å². The van der Waals surface area contributed by atoms with Crippen molar-refractivity contribution in [1.29, 1.82) is 0 Å². The molecular weight excluding hydrogens is 368 g/mol. The number of unbranched alkanes of at least 4 members (excludes halogenated alkanes) is 1. The Kier molecular flexibility index (Phi) is 6.95. The van der Waals surface area contributed by atoms with E-state index in [9.17, 15) is 18.0 Å². The monoisotopic (exact) mass is 390 g/mol. The normalized spacial score (nSPS) is 11.0. The lowest BCUT2D eigenvalue weighted by atomic mass is 10.2. The highest BCUT2D eigenvalue weighted by Crippen LogP contribution is 2.23. The van der Waals surface area contributed by atoms with Gasteiger partial charge in [-0.1, -0.05) is 24.3 Å². The van der Waals surface area contributed by atoms with E-state index in [1.165, 1.54) is 23.5 Å².